The van der Waals surface area contributed by atoms with Crippen LogP contribution in [0, 0.1) is 0 Å². The molecule has 1 aromatic carbocycles. The first-order valence-corrected chi connectivity index (χ1v) is 7.96. The van der Waals surface area contributed by atoms with Crippen molar-refractivity contribution < 1.29 is 8.42 Å². The summed E-state index contributed by atoms with van der Waals surface area (Å²) in [7, 11) is -2.04. The molecule has 1 heterocycles. The van der Waals surface area contributed by atoms with Gasteiger partial charge in [-0.3, -0.25) is 0 Å². The predicted molar refractivity (Wildman–Crippen MR) is 77.7 cm³/mol. The number of hydrogen-bond acceptors (Lipinski definition) is 4. The number of anilines is 2. The normalized spacial score (nSPS) is 23.8. The molecular weight excluding hydrogens is 262 g/mol. The number of nitrogens with two attached hydrogens (primary N) is 1. The quantitative estimate of drug-likeness (QED) is 0.825. The third-order valence-electron chi connectivity index (χ3n) is 3.81. The molecule has 5 nitrogen and oxygen atoms in total. The van der Waals surface area contributed by atoms with Gasteiger partial charge in [-0.25, -0.2) is 13.1 Å². The van der Waals surface area contributed by atoms with Crippen molar-refractivity contribution in [2.24, 2.45) is 0 Å². The Morgan fingerprint density at radius 2 is 1.84 bits per heavy atom. The molecule has 3 N–H and O–H groups in total. The summed E-state index contributed by atoms with van der Waals surface area (Å²) in [5.74, 6) is 0. The fraction of sp³-hybridized carbons (Fsp3) is 0.538. The average Bonchev–Trinajstić information content (AvgIpc) is 2.69. The van der Waals surface area contributed by atoms with Gasteiger partial charge in [0.1, 0.15) is 0 Å². The highest BCUT2D eigenvalue weighted by atomic mass is 32.2. The molecule has 0 bridgehead atoms. The molecule has 1 aromatic rings. The minimum absolute atomic E-state index is 0.204. The summed E-state index contributed by atoms with van der Waals surface area (Å²) in [5.41, 5.74) is 7.48. The number of nitrogen functional groups attached to an aromatic ring is 1. The summed E-state index contributed by atoms with van der Waals surface area (Å²) < 4.78 is 25.8. The smallest absolute Gasteiger partial charge is 0.240 e. The van der Waals surface area contributed by atoms with Crippen molar-refractivity contribution in [3.05, 3.63) is 18.2 Å². The Bertz CT molecular complexity index is 561. The zero-order valence-corrected chi connectivity index (χ0v) is 12.4. The molecule has 2 rings (SSSR count). The van der Waals surface area contributed by atoms with Crippen LogP contribution in [-0.4, -0.2) is 27.5 Å². The van der Waals surface area contributed by atoms with Crippen LogP contribution in [0.2, 0.25) is 0 Å². The van der Waals surface area contributed by atoms with Gasteiger partial charge in [0.15, 0.2) is 0 Å². The maximum atomic E-state index is 11.7. The zero-order chi connectivity index (χ0) is 14.2. The molecule has 0 spiro atoms. The summed E-state index contributed by atoms with van der Waals surface area (Å²) in [6.07, 6.45) is 2.27. The van der Waals surface area contributed by atoms with Crippen molar-refractivity contribution in [1.82, 2.24) is 4.72 Å². The van der Waals surface area contributed by atoms with Crippen LogP contribution in [0.3, 0.4) is 0 Å². The number of nitrogens with one attached hydrogen (secondary N) is 1. The molecule has 6 heteroatoms. The molecule has 0 aromatic heterocycles. The molecule has 1 fully saturated rings. The Hall–Kier alpha value is -1.27. The van der Waals surface area contributed by atoms with Crippen LogP contribution in [0.15, 0.2) is 23.1 Å². The number of nitrogens with zero attached hydrogens (tertiary/aromatic N) is 1. The molecule has 0 unspecified atom stereocenters. The van der Waals surface area contributed by atoms with Crippen molar-refractivity contribution in [3.8, 4) is 0 Å². The standard InChI is InChI=1S/C13H21N3O2S/c1-9-4-5-10(2)16(9)13-7-6-11(8-12(13)14)19(17,18)15-3/h6-10,15H,4-5,14H2,1-3H3/t9-,10-/m1/s1. The lowest BCUT2D eigenvalue weighted by Crippen LogP contribution is -2.33. The van der Waals surface area contributed by atoms with Crippen molar-refractivity contribution in [1.29, 1.82) is 0 Å². The van der Waals surface area contributed by atoms with Crippen LogP contribution in [0.1, 0.15) is 26.7 Å². The highest BCUT2D eigenvalue weighted by Gasteiger charge is 2.29. The summed E-state index contributed by atoms with van der Waals surface area (Å²) >= 11 is 0. The lowest BCUT2D eigenvalue weighted by Gasteiger charge is -2.30. The van der Waals surface area contributed by atoms with Crippen molar-refractivity contribution >= 4 is 21.4 Å². The first-order valence-electron chi connectivity index (χ1n) is 6.48. The second-order valence-corrected chi connectivity index (χ2v) is 7.00. The lowest BCUT2D eigenvalue weighted by molar-refractivity contribution is 0.588. The monoisotopic (exact) mass is 283 g/mol. The maximum absolute atomic E-state index is 11.7. The molecule has 2 atom stereocenters. The average molecular weight is 283 g/mol. The van der Waals surface area contributed by atoms with Crippen molar-refractivity contribution in [3.63, 3.8) is 0 Å². The first kappa shape index (κ1) is 14.1. The second kappa shape index (κ2) is 5.02. The van der Waals surface area contributed by atoms with Crippen LogP contribution in [0.25, 0.3) is 0 Å². The summed E-state index contributed by atoms with van der Waals surface area (Å²) in [4.78, 5) is 2.47. The molecule has 1 aliphatic heterocycles. The van der Waals surface area contributed by atoms with Crippen molar-refractivity contribution in [2.45, 2.75) is 43.7 Å². The highest BCUT2D eigenvalue weighted by Crippen LogP contribution is 2.35. The van der Waals surface area contributed by atoms with Gasteiger partial charge in [0.2, 0.25) is 10.0 Å². The Labute approximate surface area is 114 Å². The number of sulfonamides is 1. The summed E-state index contributed by atoms with van der Waals surface area (Å²) in [6.45, 7) is 4.34. The minimum Gasteiger partial charge on any atom is -0.397 e. The van der Waals surface area contributed by atoms with Gasteiger partial charge in [0.25, 0.3) is 0 Å². The van der Waals surface area contributed by atoms with E-state index in [0.717, 1.165) is 18.5 Å². The van der Waals surface area contributed by atoms with E-state index in [0.29, 0.717) is 17.8 Å². The highest BCUT2D eigenvalue weighted by molar-refractivity contribution is 7.89. The Balaban J connectivity index is 2.40. The van der Waals surface area contributed by atoms with Crippen LogP contribution >= 0.6 is 0 Å². The van der Waals surface area contributed by atoms with E-state index in [1.807, 2.05) is 0 Å². The van der Waals surface area contributed by atoms with Crippen LogP contribution in [0.4, 0.5) is 11.4 Å². The largest absolute Gasteiger partial charge is 0.397 e. The van der Waals surface area contributed by atoms with Crippen LogP contribution in [0.5, 0.6) is 0 Å². The fourth-order valence-electron chi connectivity index (χ4n) is 2.72. The first-order chi connectivity index (χ1) is 8.86. The third-order valence-corrected chi connectivity index (χ3v) is 5.22. The molecule has 0 radical (unpaired) electrons. The van der Waals surface area contributed by atoms with Crippen LogP contribution in [-0.2, 0) is 10.0 Å². The minimum atomic E-state index is -3.44. The number of rotatable bonds is 3. The van der Waals surface area contributed by atoms with Gasteiger partial charge in [-0.2, -0.15) is 0 Å². The SMILES string of the molecule is CNS(=O)(=O)c1ccc(N2[C@H](C)CC[C@H]2C)c(N)c1. The van der Waals surface area contributed by atoms with Gasteiger partial charge < -0.3 is 10.6 Å². The van der Waals surface area contributed by atoms with E-state index < -0.39 is 10.0 Å². The van der Waals surface area contributed by atoms with E-state index in [1.165, 1.54) is 13.1 Å². The van der Waals surface area contributed by atoms with Gasteiger partial charge >= 0.3 is 0 Å². The van der Waals surface area contributed by atoms with E-state index >= 15 is 0 Å². The lowest BCUT2D eigenvalue weighted by atomic mass is 10.2. The molecule has 0 amide bonds. The topological polar surface area (TPSA) is 75.4 Å². The molecule has 0 aliphatic carbocycles. The summed E-state index contributed by atoms with van der Waals surface area (Å²) in [6, 6.07) is 5.81. The van der Waals surface area contributed by atoms with Gasteiger partial charge in [-0.05, 0) is 51.9 Å². The van der Waals surface area contributed by atoms with E-state index in [-0.39, 0.29) is 4.90 Å². The molecule has 1 aliphatic rings. The predicted octanol–water partition coefficient (Wildman–Crippen LogP) is 1.55. The van der Waals surface area contributed by atoms with Crippen LogP contribution < -0.4 is 15.4 Å². The Morgan fingerprint density at radius 3 is 2.32 bits per heavy atom. The van der Waals surface area contributed by atoms with E-state index in [1.54, 1.807) is 12.1 Å². The van der Waals surface area contributed by atoms with Gasteiger partial charge in [0.05, 0.1) is 16.3 Å². The molecule has 1 saturated heterocycles. The second-order valence-electron chi connectivity index (χ2n) is 5.11. The third kappa shape index (κ3) is 2.55. The molecule has 0 saturated carbocycles. The van der Waals surface area contributed by atoms with Gasteiger partial charge in [-0.1, -0.05) is 0 Å². The van der Waals surface area contributed by atoms with Crippen molar-refractivity contribution in [2.75, 3.05) is 17.7 Å². The van der Waals surface area contributed by atoms with E-state index in [4.69, 9.17) is 5.73 Å². The zero-order valence-electron chi connectivity index (χ0n) is 11.6. The molecular formula is C13H21N3O2S. The Kier molecular flexibility index (Phi) is 3.73. The molecule has 19 heavy (non-hydrogen) atoms. The van der Waals surface area contributed by atoms with Gasteiger partial charge in [0, 0.05) is 12.1 Å². The van der Waals surface area contributed by atoms with E-state index in [9.17, 15) is 8.42 Å². The fourth-order valence-corrected chi connectivity index (χ4v) is 3.49. The van der Waals surface area contributed by atoms with E-state index in [2.05, 4.69) is 23.5 Å². The van der Waals surface area contributed by atoms with Gasteiger partial charge in [-0.15, -0.1) is 0 Å². The summed E-state index contributed by atoms with van der Waals surface area (Å²) in [5, 5.41) is 0. The number of hydrogen-bond donors (Lipinski definition) is 2. The molecule has 106 valence electrons. The maximum Gasteiger partial charge on any atom is 0.240 e. The number of benzene rings is 1. The Morgan fingerprint density at radius 1 is 1.26 bits per heavy atom.